The largest absolute Gasteiger partial charge is 0.355 e. The number of carbonyl (C=O) groups excluding carboxylic acids is 1. The van der Waals surface area contributed by atoms with Crippen LogP contribution in [-0.4, -0.2) is 22.5 Å². The van der Waals surface area contributed by atoms with Crippen LogP contribution in [0.1, 0.15) is 43.0 Å². The summed E-state index contributed by atoms with van der Waals surface area (Å²) in [6.07, 6.45) is 3.98. The van der Waals surface area contributed by atoms with Crippen molar-refractivity contribution >= 4 is 17.2 Å². The van der Waals surface area contributed by atoms with E-state index in [4.69, 9.17) is 4.52 Å². The maximum Gasteiger partial charge on any atom is 0.227 e. The SMILES string of the molecule is O=C(Cc1ccccc1F)N1CCCCC[C@H]1c1cc(-c2cccs2)on1. The molecule has 0 radical (unpaired) electrons. The topological polar surface area (TPSA) is 46.3 Å². The van der Waals surface area contributed by atoms with E-state index in [-0.39, 0.29) is 24.2 Å². The first kappa shape index (κ1) is 17.9. The summed E-state index contributed by atoms with van der Waals surface area (Å²) in [5, 5.41) is 6.25. The molecule has 1 aliphatic rings. The average Bonchev–Trinajstić information content (AvgIpc) is 3.31. The normalized spacial score (nSPS) is 17.7. The molecule has 1 aliphatic heterocycles. The summed E-state index contributed by atoms with van der Waals surface area (Å²) in [5.41, 5.74) is 1.21. The standard InChI is InChI=1S/C21H21FN2O2S/c22-16-8-4-3-7-15(16)13-21(25)24-11-5-1-2-9-18(24)17-14-19(26-23-17)20-10-6-12-27-20/h3-4,6-8,10,12,14,18H,1-2,5,9,11,13H2/t18-/m0/s1. The van der Waals surface area contributed by atoms with Gasteiger partial charge in [0, 0.05) is 12.6 Å². The molecule has 0 spiro atoms. The molecule has 1 amide bonds. The zero-order valence-electron chi connectivity index (χ0n) is 14.9. The van der Waals surface area contributed by atoms with Gasteiger partial charge in [0.15, 0.2) is 5.76 Å². The van der Waals surface area contributed by atoms with Crippen molar-refractivity contribution in [2.75, 3.05) is 6.54 Å². The van der Waals surface area contributed by atoms with Crippen molar-refractivity contribution in [1.29, 1.82) is 0 Å². The van der Waals surface area contributed by atoms with Crippen molar-refractivity contribution in [2.45, 2.75) is 38.1 Å². The Labute approximate surface area is 161 Å². The first-order valence-electron chi connectivity index (χ1n) is 9.26. The van der Waals surface area contributed by atoms with E-state index < -0.39 is 0 Å². The molecule has 1 saturated heterocycles. The molecule has 27 heavy (non-hydrogen) atoms. The molecular formula is C21H21FN2O2S. The fraction of sp³-hybridized carbons (Fsp3) is 0.333. The second-order valence-electron chi connectivity index (χ2n) is 6.81. The third kappa shape index (κ3) is 3.95. The molecule has 3 heterocycles. The van der Waals surface area contributed by atoms with E-state index in [0.717, 1.165) is 42.0 Å². The van der Waals surface area contributed by atoms with Crippen molar-refractivity contribution in [3.63, 3.8) is 0 Å². The van der Waals surface area contributed by atoms with Gasteiger partial charge in [-0.25, -0.2) is 4.39 Å². The lowest BCUT2D eigenvalue weighted by atomic mass is 10.0. The Bertz CT molecular complexity index is 907. The van der Waals surface area contributed by atoms with E-state index in [1.54, 1.807) is 29.5 Å². The van der Waals surface area contributed by atoms with Crippen molar-refractivity contribution < 1.29 is 13.7 Å². The first-order valence-corrected chi connectivity index (χ1v) is 10.1. The number of hydrogen-bond acceptors (Lipinski definition) is 4. The zero-order valence-corrected chi connectivity index (χ0v) is 15.8. The molecule has 3 aromatic rings. The summed E-state index contributed by atoms with van der Waals surface area (Å²) in [7, 11) is 0. The minimum Gasteiger partial charge on any atom is -0.355 e. The maximum absolute atomic E-state index is 14.0. The Morgan fingerprint density at radius 1 is 1.22 bits per heavy atom. The fourth-order valence-electron chi connectivity index (χ4n) is 3.60. The molecule has 4 rings (SSSR count). The van der Waals surface area contributed by atoms with Gasteiger partial charge < -0.3 is 9.42 Å². The van der Waals surface area contributed by atoms with Gasteiger partial charge in [0.25, 0.3) is 0 Å². The van der Waals surface area contributed by atoms with Crippen LogP contribution in [0.4, 0.5) is 4.39 Å². The van der Waals surface area contributed by atoms with Crippen molar-refractivity contribution in [1.82, 2.24) is 10.1 Å². The minimum absolute atomic E-state index is 0.0623. The van der Waals surface area contributed by atoms with Crippen molar-refractivity contribution in [2.24, 2.45) is 0 Å². The summed E-state index contributed by atoms with van der Waals surface area (Å²) in [6, 6.07) is 12.2. The van der Waals surface area contributed by atoms with Gasteiger partial charge in [-0.3, -0.25) is 4.79 Å². The first-order chi connectivity index (χ1) is 13.2. The van der Waals surface area contributed by atoms with E-state index >= 15 is 0 Å². The predicted molar refractivity (Wildman–Crippen MR) is 103 cm³/mol. The van der Waals surface area contributed by atoms with Gasteiger partial charge in [0.05, 0.1) is 17.3 Å². The summed E-state index contributed by atoms with van der Waals surface area (Å²) in [4.78, 5) is 15.9. The van der Waals surface area contributed by atoms with E-state index in [0.29, 0.717) is 12.1 Å². The predicted octanol–water partition coefficient (Wildman–Crippen LogP) is 5.23. The van der Waals surface area contributed by atoms with Crippen LogP contribution in [0.15, 0.2) is 52.4 Å². The molecule has 1 fully saturated rings. The number of halogens is 1. The number of hydrogen-bond donors (Lipinski definition) is 0. The Morgan fingerprint density at radius 3 is 2.93 bits per heavy atom. The van der Waals surface area contributed by atoms with E-state index in [2.05, 4.69) is 5.16 Å². The molecule has 6 heteroatoms. The van der Waals surface area contributed by atoms with Crippen molar-refractivity contribution in [3.05, 3.63) is 64.9 Å². The Balaban J connectivity index is 1.57. The molecule has 1 atom stereocenters. The van der Waals surface area contributed by atoms with Gasteiger partial charge in [-0.1, -0.05) is 42.3 Å². The number of likely N-dealkylation sites (tertiary alicyclic amines) is 1. The van der Waals surface area contributed by atoms with Gasteiger partial charge in [-0.15, -0.1) is 11.3 Å². The molecule has 4 nitrogen and oxygen atoms in total. The molecular weight excluding hydrogens is 363 g/mol. The van der Waals surface area contributed by atoms with Gasteiger partial charge in [0.1, 0.15) is 11.5 Å². The number of benzene rings is 1. The summed E-state index contributed by atoms with van der Waals surface area (Å²) >= 11 is 1.59. The average molecular weight is 384 g/mol. The smallest absolute Gasteiger partial charge is 0.227 e. The monoisotopic (exact) mass is 384 g/mol. The molecule has 1 aromatic carbocycles. The molecule has 0 N–H and O–H groups in total. The quantitative estimate of drug-likeness (QED) is 0.619. The summed E-state index contributed by atoms with van der Waals surface area (Å²) in [6.45, 7) is 0.666. The highest BCUT2D eigenvalue weighted by atomic mass is 32.1. The lowest BCUT2D eigenvalue weighted by Gasteiger charge is -2.28. The molecule has 0 bridgehead atoms. The number of rotatable bonds is 4. The van der Waals surface area contributed by atoms with Crippen molar-refractivity contribution in [3.8, 4) is 10.6 Å². The highest BCUT2D eigenvalue weighted by Gasteiger charge is 2.29. The zero-order chi connectivity index (χ0) is 18.6. The molecule has 0 saturated carbocycles. The van der Waals surface area contributed by atoms with E-state index in [1.165, 1.54) is 6.07 Å². The number of thiophene rings is 1. The van der Waals surface area contributed by atoms with Crippen LogP contribution in [0.2, 0.25) is 0 Å². The van der Waals surface area contributed by atoms with Crippen LogP contribution < -0.4 is 0 Å². The van der Waals surface area contributed by atoms with E-state index in [1.807, 2.05) is 28.5 Å². The minimum atomic E-state index is -0.335. The number of carbonyl (C=O) groups is 1. The van der Waals surface area contributed by atoms with E-state index in [9.17, 15) is 9.18 Å². The molecule has 140 valence electrons. The Hall–Kier alpha value is -2.47. The Kier molecular flexibility index (Phi) is 5.34. The number of nitrogens with zero attached hydrogens (tertiary/aromatic N) is 2. The summed E-state index contributed by atoms with van der Waals surface area (Å²) in [5.74, 6) is 0.331. The second-order valence-corrected chi connectivity index (χ2v) is 7.76. The molecule has 0 unspecified atom stereocenters. The van der Waals surface area contributed by atoms with Gasteiger partial charge in [-0.05, 0) is 35.9 Å². The fourth-order valence-corrected chi connectivity index (χ4v) is 4.27. The lowest BCUT2D eigenvalue weighted by Crippen LogP contribution is -2.36. The lowest BCUT2D eigenvalue weighted by molar-refractivity contribution is -0.133. The third-order valence-electron chi connectivity index (χ3n) is 5.01. The highest BCUT2D eigenvalue weighted by molar-refractivity contribution is 7.13. The molecule has 0 aliphatic carbocycles. The van der Waals surface area contributed by atoms with Crippen LogP contribution >= 0.6 is 11.3 Å². The highest BCUT2D eigenvalue weighted by Crippen LogP contribution is 2.33. The van der Waals surface area contributed by atoms with Crippen LogP contribution in [0.25, 0.3) is 10.6 Å². The van der Waals surface area contributed by atoms with Crippen LogP contribution in [-0.2, 0) is 11.2 Å². The number of aromatic nitrogens is 1. The number of amides is 1. The van der Waals surface area contributed by atoms with Crippen LogP contribution in [0, 0.1) is 5.82 Å². The van der Waals surface area contributed by atoms with Crippen LogP contribution in [0.5, 0.6) is 0 Å². The Morgan fingerprint density at radius 2 is 2.11 bits per heavy atom. The van der Waals surface area contributed by atoms with Gasteiger partial charge in [-0.2, -0.15) is 0 Å². The van der Waals surface area contributed by atoms with Gasteiger partial charge >= 0.3 is 0 Å². The maximum atomic E-state index is 14.0. The molecule has 2 aromatic heterocycles. The second kappa shape index (κ2) is 8.05. The van der Waals surface area contributed by atoms with Crippen LogP contribution in [0.3, 0.4) is 0 Å². The van der Waals surface area contributed by atoms with Gasteiger partial charge in [0.2, 0.25) is 5.91 Å². The third-order valence-corrected chi connectivity index (χ3v) is 5.89. The summed E-state index contributed by atoms with van der Waals surface area (Å²) < 4.78 is 19.5.